The number of hydrogen-bond acceptors (Lipinski definition) is 1. The first-order valence-corrected chi connectivity index (χ1v) is 6.64. The molecule has 2 heteroatoms. The number of nitrogens with two attached hydrogens (primary N) is 1. The van der Waals surface area contributed by atoms with Gasteiger partial charge in [0.05, 0.1) is 0 Å². The predicted molar refractivity (Wildman–Crippen MR) is 82.3 cm³/mol. The summed E-state index contributed by atoms with van der Waals surface area (Å²) < 4.78 is 0. The van der Waals surface area contributed by atoms with E-state index in [1.807, 2.05) is 12.1 Å². The Balaban J connectivity index is 2.22. The monoisotopic (exact) mass is 267 g/mol. The Bertz CT molecular complexity index is 729. The molecule has 19 heavy (non-hydrogen) atoms. The Hall–Kier alpha value is -1.83. The van der Waals surface area contributed by atoms with Crippen LogP contribution in [0.3, 0.4) is 0 Å². The first-order chi connectivity index (χ1) is 9.29. The minimum atomic E-state index is 0.467. The van der Waals surface area contributed by atoms with Gasteiger partial charge in [-0.05, 0) is 33.5 Å². The van der Waals surface area contributed by atoms with Crippen LogP contribution in [-0.2, 0) is 6.54 Å². The van der Waals surface area contributed by atoms with Gasteiger partial charge in [0.15, 0.2) is 0 Å². The molecule has 0 saturated heterocycles. The molecule has 0 atom stereocenters. The van der Waals surface area contributed by atoms with E-state index in [9.17, 15) is 0 Å². The van der Waals surface area contributed by atoms with Crippen molar-refractivity contribution in [1.29, 1.82) is 0 Å². The summed E-state index contributed by atoms with van der Waals surface area (Å²) in [6, 6.07) is 20.7. The van der Waals surface area contributed by atoms with E-state index < -0.39 is 0 Å². The van der Waals surface area contributed by atoms with Gasteiger partial charge in [-0.25, -0.2) is 0 Å². The van der Waals surface area contributed by atoms with Crippen molar-refractivity contribution in [2.75, 3.05) is 0 Å². The molecule has 0 heterocycles. The molecule has 0 saturated carbocycles. The molecule has 0 bridgehead atoms. The molecule has 0 fully saturated rings. The van der Waals surface area contributed by atoms with E-state index in [0.29, 0.717) is 6.54 Å². The molecule has 0 aromatic heterocycles. The lowest BCUT2D eigenvalue weighted by Gasteiger charge is -2.09. The molecular weight excluding hydrogens is 254 g/mol. The van der Waals surface area contributed by atoms with E-state index >= 15 is 0 Å². The maximum absolute atomic E-state index is 6.25. The van der Waals surface area contributed by atoms with E-state index in [4.69, 9.17) is 17.3 Å². The van der Waals surface area contributed by atoms with E-state index in [-0.39, 0.29) is 0 Å². The van der Waals surface area contributed by atoms with Crippen LogP contribution in [0.25, 0.3) is 21.9 Å². The Kier molecular flexibility index (Phi) is 3.24. The highest BCUT2D eigenvalue weighted by molar-refractivity contribution is 6.31. The van der Waals surface area contributed by atoms with Gasteiger partial charge in [-0.3, -0.25) is 0 Å². The van der Waals surface area contributed by atoms with Crippen molar-refractivity contribution in [3.05, 3.63) is 71.2 Å². The Morgan fingerprint density at radius 3 is 2.47 bits per heavy atom. The molecule has 0 amide bonds. The summed E-state index contributed by atoms with van der Waals surface area (Å²) in [4.78, 5) is 0. The second-order valence-electron chi connectivity index (χ2n) is 4.54. The van der Waals surface area contributed by atoms with Crippen molar-refractivity contribution in [1.82, 2.24) is 0 Å². The molecule has 0 radical (unpaired) electrons. The van der Waals surface area contributed by atoms with E-state index in [0.717, 1.165) is 16.1 Å². The third-order valence-corrected chi connectivity index (χ3v) is 3.73. The molecule has 3 aromatic rings. The molecular formula is C17H14ClN. The zero-order chi connectivity index (χ0) is 13.2. The molecule has 2 N–H and O–H groups in total. The van der Waals surface area contributed by atoms with Gasteiger partial charge in [0, 0.05) is 11.6 Å². The van der Waals surface area contributed by atoms with Gasteiger partial charge >= 0.3 is 0 Å². The quantitative estimate of drug-likeness (QED) is 0.720. The summed E-state index contributed by atoms with van der Waals surface area (Å²) in [6.07, 6.45) is 0. The fourth-order valence-electron chi connectivity index (χ4n) is 2.36. The minimum Gasteiger partial charge on any atom is -0.326 e. The summed E-state index contributed by atoms with van der Waals surface area (Å²) >= 11 is 6.25. The van der Waals surface area contributed by atoms with Gasteiger partial charge in [0.2, 0.25) is 0 Å². The highest BCUT2D eigenvalue weighted by atomic mass is 35.5. The molecule has 0 aliphatic carbocycles. The lowest BCUT2D eigenvalue weighted by molar-refractivity contribution is 1.07. The number of rotatable bonds is 2. The maximum Gasteiger partial charge on any atom is 0.0457 e. The second kappa shape index (κ2) is 5.04. The summed E-state index contributed by atoms with van der Waals surface area (Å²) in [5.41, 5.74) is 8.94. The molecule has 0 aliphatic heterocycles. The Labute approximate surface area is 117 Å². The molecule has 1 nitrogen and oxygen atoms in total. The van der Waals surface area contributed by atoms with Gasteiger partial charge in [-0.15, -0.1) is 0 Å². The van der Waals surface area contributed by atoms with Crippen LogP contribution < -0.4 is 5.73 Å². The fraction of sp³-hybridized carbons (Fsp3) is 0.0588. The molecule has 94 valence electrons. The lowest BCUT2D eigenvalue weighted by atomic mass is 9.97. The van der Waals surface area contributed by atoms with Gasteiger partial charge < -0.3 is 5.73 Å². The van der Waals surface area contributed by atoms with Gasteiger partial charge in [-0.1, -0.05) is 66.2 Å². The zero-order valence-corrected chi connectivity index (χ0v) is 11.2. The predicted octanol–water partition coefficient (Wildman–Crippen LogP) is 4.62. The Morgan fingerprint density at radius 2 is 1.68 bits per heavy atom. The standard InChI is InChI=1S/C17H14ClN/c18-17-10-13(8-9-14(17)11-19)16-7-3-5-12-4-1-2-6-15(12)16/h1-10H,11,19H2. The van der Waals surface area contributed by atoms with Crippen molar-refractivity contribution in [3.63, 3.8) is 0 Å². The summed E-state index contributed by atoms with van der Waals surface area (Å²) in [6.45, 7) is 0.467. The maximum atomic E-state index is 6.25. The minimum absolute atomic E-state index is 0.467. The van der Waals surface area contributed by atoms with Crippen LogP contribution in [0.5, 0.6) is 0 Å². The lowest BCUT2D eigenvalue weighted by Crippen LogP contribution is -1.96. The van der Waals surface area contributed by atoms with Crippen molar-refractivity contribution in [2.45, 2.75) is 6.54 Å². The van der Waals surface area contributed by atoms with E-state index in [1.54, 1.807) is 0 Å². The number of fused-ring (bicyclic) bond motifs is 1. The van der Waals surface area contributed by atoms with Crippen LogP contribution in [0.4, 0.5) is 0 Å². The highest BCUT2D eigenvalue weighted by Gasteiger charge is 2.05. The first kappa shape index (κ1) is 12.2. The van der Waals surface area contributed by atoms with E-state index in [2.05, 4.69) is 48.5 Å². The van der Waals surface area contributed by atoms with Crippen LogP contribution >= 0.6 is 11.6 Å². The topological polar surface area (TPSA) is 26.0 Å². The summed E-state index contributed by atoms with van der Waals surface area (Å²) in [7, 11) is 0. The largest absolute Gasteiger partial charge is 0.326 e. The first-order valence-electron chi connectivity index (χ1n) is 6.26. The number of benzene rings is 3. The van der Waals surface area contributed by atoms with Crippen molar-refractivity contribution in [2.24, 2.45) is 5.73 Å². The van der Waals surface area contributed by atoms with Crippen molar-refractivity contribution >= 4 is 22.4 Å². The van der Waals surface area contributed by atoms with Crippen LogP contribution in [-0.4, -0.2) is 0 Å². The summed E-state index contributed by atoms with van der Waals surface area (Å²) in [5.74, 6) is 0. The smallest absolute Gasteiger partial charge is 0.0457 e. The average molecular weight is 268 g/mol. The molecule has 0 aliphatic rings. The van der Waals surface area contributed by atoms with Crippen LogP contribution in [0.15, 0.2) is 60.7 Å². The fourth-order valence-corrected chi connectivity index (χ4v) is 2.62. The third-order valence-electron chi connectivity index (χ3n) is 3.37. The average Bonchev–Trinajstić information content (AvgIpc) is 2.46. The molecule has 0 unspecified atom stereocenters. The normalized spacial score (nSPS) is 10.8. The number of hydrogen-bond donors (Lipinski definition) is 1. The van der Waals surface area contributed by atoms with Gasteiger partial charge in [-0.2, -0.15) is 0 Å². The highest BCUT2D eigenvalue weighted by Crippen LogP contribution is 2.31. The molecule has 0 spiro atoms. The van der Waals surface area contributed by atoms with Crippen molar-refractivity contribution < 1.29 is 0 Å². The number of halogens is 1. The summed E-state index contributed by atoms with van der Waals surface area (Å²) in [5, 5.41) is 3.20. The van der Waals surface area contributed by atoms with Gasteiger partial charge in [0.1, 0.15) is 0 Å². The van der Waals surface area contributed by atoms with E-state index in [1.165, 1.54) is 16.3 Å². The van der Waals surface area contributed by atoms with Crippen LogP contribution in [0.1, 0.15) is 5.56 Å². The molecule has 3 rings (SSSR count). The second-order valence-corrected chi connectivity index (χ2v) is 4.94. The van der Waals surface area contributed by atoms with Gasteiger partial charge in [0.25, 0.3) is 0 Å². The Morgan fingerprint density at radius 1 is 0.895 bits per heavy atom. The SMILES string of the molecule is NCc1ccc(-c2cccc3ccccc23)cc1Cl. The van der Waals surface area contributed by atoms with Crippen LogP contribution in [0.2, 0.25) is 5.02 Å². The van der Waals surface area contributed by atoms with Crippen molar-refractivity contribution in [3.8, 4) is 11.1 Å². The third kappa shape index (κ3) is 2.23. The zero-order valence-electron chi connectivity index (χ0n) is 10.4. The van der Waals surface area contributed by atoms with Crippen LogP contribution in [0, 0.1) is 0 Å². The molecule has 3 aromatic carbocycles.